The number of hydrogen-bond donors (Lipinski definition) is 0. The summed E-state index contributed by atoms with van der Waals surface area (Å²) in [6.45, 7) is 4.39. The van der Waals surface area contributed by atoms with Crippen LogP contribution >= 0.6 is 11.6 Å². The Hall–Kier alpha value is -1.61. The maximum Gasteiger partial charge on any atom is 0.335 e. The van der Waals surface area contributed by atoms with E-state index in [0.29, 0.717) is 36.0 Å². The molecule has 2 aliphatic rings. The monoisotopic (exact) mass is 444 g/mol. The Bertz CT molecular complexity index is 917. The summed E-state index contributed by atoms with van der Waals surface area (Å²) in [4.78, 5) is 12.6. The number of rotatable bonds is 6. The highest BCUT2D eigenvalue weighted by molar-refractivity contribution is 7.91. The molecular formula is C20H25ClO7S. The molecule has 1 fully saturated rings. The van der Waals surface area contributed by atoms with E-state index < -0.39 is 26.8 Å². The summed E-state index contributed by atoms with van der Waals surface area (Å²) in [5, 5.41) is -0.522. The van der Waals surface area contributed by atoms with E-state index in [4.69, 9.17) is 30.5 Å². The average Bonchev–Trinajstić information content (AvgIpc) is 3.12. The summed E-state index contributed by atoms with van der Waals surface area (Å²) in [5.41, 5.74) is 1.30. The lowest BCUT2D eigenvalue weighted by molar-refractivity contribution is -0.143. The van der Waals surface area contributed by atoms with Crippen LogP contribution < -0.4 is 4.74 Å². The van der Waals surface area contributed by atoms with E-state index in [1.807, 2.05) is 0 Å². The summed E-state index contributed by atoms with van der Waals surface area (Å²) >= 11 is 6.13. The predicted molar refractivity (Wildman–Crippen MR) is 108 cm³/mol. The zero-order chi connectivity index (χ0) is 21.2. The third kappa shape index (κ3) is 4.60. The Labute approximate surface area is 175 Å². The first-order chi connectivity index (χ1) is 13.7. The van der Waals surface area contributed by atoms with E-state index in [1.54, 1.807) is 26.0 Å². The van der Waals surface area contributed by atoms with Gasteiger partial charge in [0, 0.05) is 17.0 Å². The van der Waals surface area contributed by atoms with Gasteiger partial charge in [-0.15, -0.1) is 0 Å². The number of hydrogen-bond acceptors (Lipinski definition) is 7. The van der Waals surface area contributed by atoms with Crippen LogP contribution in [0.5, 0.6) is 5.75 Å². The van der Waals surface area contributed by atoms with Crippen LogP contribution in [0.25, 0.3) is 0 Å². The number of carbonyl (C=O) groups excluding carboxylic acids is 1. The maximum atomic E-state index is 13.3. The second kappa shape index (κ2) is 8.63. The molecule has 1 atom stereocenters. The minimum atomic E-state index is -3.76. The van der Waals surface area contributed by atoms with E-state index in [2.05, 4.69) is 0 Å². The summed E-state index contributed by atoms with van der Waals surface area (Å²) in [6, 6.07) is 3.29. The molecule has 1 aromatic rings. The maximum absolute atomic E-state index is 13.3. The molecule has 1 aliphatic heterocycles. The summed E-state index contributed by atoms with van der Waals surface area (Å²) < 4.78 is 48.4. The lowest BCUT2D eigenvalue weighted by Crippen LogP contribution is -2.40. The number of methoxy groups -OCH3 is 1. The molecule has 0 amide bonds. The van der Waals surface area contributed by atoms with Crippen LogP contribution in [0.4, 0.5) is 0 Å². The molecule has 1 heterocycles. The molecule has 160 valence electrons. The Kier molecular flexibility index (Phi) is 6.57. The van der Waals surface area contributed by atoms with Crippen molar-refractivity contribution in [2.24, 2.45) is 0 Å². The molecule has 1 unspecified atom stereocenters. The van der Waals surface area contributed by atoms with Gasteiger partial charge in [0.15, 0.2) is 15.6 Å². The van der Waals surface area contributed by atoms with Crippen LogP contribution in [-0.4, -0.2) is 52.4 Å². The number of ether oxygens (including phenoxy) is 4. The van der Waals surface area contributed by atoms with Gasteiger partial charge in [-0.2, -0.15) is 0 Å². The molecule has 0 saturated carbocycles. The van der Waals surface area contributed by atoms with Crippen molar-refractivity contribution in [2.45, 2.75) is 43.5 Å². The second-order valence-corrected chi connectivity index (χ2v) is 9.67. The number of esters is 1. The lowest BCUT2D eigenvalue weighted by Gasteiger charge is -2.33. The molecule has 1 saturated heterocycles. The lowest BCUT2D eigenvalue weighted by atomic mass is 9.94. The highest BCUT2D eigenvalue weighted by Gasteiger charge is 2.46. The van der Waals surface area contributed by atoms with E-state index in [1.165, 1.54) is 13.2 Å². The molecule has 0 radical (unpaired) electrons. The Morgan fingerprint density at radius 3 is 2.62 bits per heavy atom. The first kappa shape index (κ1) is 22.1. The average molecular weight is 445 g/mol. The number of carbonyl (C=O) groups is 1. The molecule has 29 heavy (non-hydrogen) atoms. The van der Waals surface area contributed by atoms with Crippen LogP contribution in [0.2, 0.25) is 5.02 Å². The molecule has 1 aromatic carbocycles. The molecular weight excluding hydrogens is 420 g/mol. The highest BCUT2D eigenvalue weighted by atomic mass is 35.5. The SMILES string of the molecule is CCOC(=O)C1=CC2(CCC1S(=O)(=O)Cc1cc(C)c(Cl)cc1OC)OCCO2. The van der Waals surface area contributed by atoms with Crippen LogP contribution in [0.1, 0.15) is 30.9 Å². The first-order valence-electron chi connectivity index (χ1n) is 9.43. The van der Waals surface area contributed by atoms with Gasteiger partial charge in [-0.25, -0.2) is 13.2 Å². The first-order valence-corrected chi connectivity index (χ1v) is 11.5. The highest BCUT2D eigenvalue weighted by Crippen LogP contribution is 2.39. The fourth-order valence-electron chi connectivity index (χ4n) is 3.71. The van der Waals surface area contributed by atoms with E-state index in [-0.39, 0.29) is 24.4 Å². The van der Waals surface area contributed by atoms with Crippen LogP contribution in [0.3, 0.4) is 0 Å². The molecule has 0 aromatic heterocycles. The topological polar surface area (TPSA) is 88.1 Å². The molecule has 7 nitrogen and oxygen atoms in total. The number of benzene rings is 1. The molecule has 0 bridgehead atoms. The van der Waals surface area contributed by atoms with E-state index >= 15 is 0 Å². The Morgan fingerprint density at radius 1 is 1.31 bits per heavy atom. The molecule has 0 N–H and O–H groups in total. The third-order valence-corrected chi connectivity index (χ3v) is 7.59. The second-order valence-electron chi connectivity index (χ2n) is 7.08. The van der Waals surface area contributed by atoms with Gasteiger partial charge in [-0.05, 0) is 44.0 Å². The van der Waals surface area contributed by atoms with Gasteiger partial charge in [0.1, 0.15) is 5.75 Å². The van der Waals surface area contributed by atoms with Gasteiger partial charge in [-0.1, -0.05) is 11.6 Å². The summed E-state index contributed by atoms with van der Waals surface area (Å²) in [5.74, 6) is -1.62. The van der Waals surface area contributed by atoms with Gasteiger partial charge in [-0.3, -0.25) is 0 Å². The number of halogens is 1. The zero-order valence-electron chi connectivity index (χ0n) is 16.7. The summed E-state index contributed by atoms with van der Waals surface area (Å²) in [7, 11) is -2.30. The molecule has 3 rings (SSSR count). The standard InChI is InChI=1S/C20H25ClO7S/c1-4-26-19(22)15-11-20(27-7-8-28-20)6-5-18(15)29(23,24)12-14-9-13(2)16(21)10-17(14)25-3/h9-11,18H,4-8,12H2,1-3H3. The Morgan fingerprint density at radius 2 is 2.00 bits per heavy atom. The third-order valence-electron chi connectivity index (χ3n) is 5.12. The normalized spacial score (nSPS) is 21.1. The quantitative estimate of drug-likeness (QED) is 0.623. The Balaban J connectivity index is 1.96. The van der Waals surface area contributed by atoms with Gasteiger partial charge in [0.2, 0.25) is 0 Å². The largest absolute Gasteiger partial charge is 0.496 e. The van der Waals surface area contributed by atoms with E-state index in [0.717, 1.165) is 5.56 Å². The number of aryl methyl sites for hydroxylation is 1. The zero-order valence-corrected chi connectivity index (χ0v) is 18.3. The number of sulfone groups is 1. The van der Waals surface area contributed by atoms with Gasteiger partial charge < -0.3 is 18.9 Å². The van der Waals surface area contributed by atoms with Crippen molar-refractivity contribution in [2.75, 3.05) is 26.9 Å². The van der Waals surface area contributed by atoms with Crippen LogP contribution in [-0.2, 0) is 34.6 Å². The van der Waals surface area contributed by atoms with Gasteiger partial charge in [0.25, 0.3) is 0 Å². The van der Waals surface area contributed by atoms with Gasteiger partial charge >= 0.3 is 5.97 Å². The van der Waals surface area contributed by atoms with Crippen molar-refractivity contribution in [3.8, 4) is 5.75 Å². The van der Waals surface area contributed by atoms with Crippen molar-refractivity contribution < 1.29 is 32.2 Å². The fraction of sp³-hybridized carbons (Fsp3) is 0.550. The molecule has 9 heteroatoms. The van der Waals surface area contributed by atoms with Crippen molar-refractivity contribution in [1.82, 2.24) is 0 Å². The smallest absolute Gasteiger partial charge is 0.335 e. The van der Waals surface area contributed by atoms with Gasteiger partial charge in [0.05, 0.1) is 43.5 Å². The fourth-order valence-corrected chi connectivity index (χ4v) is 5.75. The van der Waals surface area contributed by atoms with Crippen molar-refractivity contribution >= 4 is 27.4 Å². The molecule has 1 spiro atoms. The molecule has 1 aliphatic carbocycles. The minimum absolute atomic E-state index is 0.0599. The predicted octanol–water partition coefficient (Wildman–Crippen LogP) is 2.97. The van der Waals surface area contributed by atoms with E-state index in [9.17, 15) is 13.2 Å². The van der Waals surface area contributed by atoms with Crippen molar-refractivity contribution in [3.63, 3.8) is 0 Å². The van der Waals surface area contributed by atoms with Crippen LogP contribution in [0, 0.1) is 6.92 Å². The van der Waals surface area contributed by atoms with Crippen molar-refractivity contribution in [1.29, 1.82) is 0 Å². The van der Waals surface area contributed by atoms with Crippen molar-refractivity contribution in [3.05, 3.63) is 39.9 Å². The minimum Gasteiger partial charge on any atom is -0.496 e. The summed E-state index contributed by atoms with van der Waals surface area (Å²) in [6.07, 6.45) is 2.02. The van der Waals surface area contributed by atoms with Crippen LogP contribution in [0.15, 0.2) is 23.8 Å².